The van der Waals surface area contributed by atoms with Crippen LogP contribution >= 0.6 is 0 Å². The number of hydrogen-bond donors (Lipinski definition) is 4. The molecule has 216 valence electrons. The molecule has 3 unspecified atom stereocenters. The number of hydrogen-bond acceptors (Lipinski definition) is 9. The molecule has 0 spiro atoms. The summed E-state index contributed by atoms with van der Waals surface area (Å²) < 4.78 is 42.4. The Morgan fingerprint density at radius 3 is 2.50 bits per heavy atom. The number of alkyl halides is 3. The van der Waals surface area contributed by atoms with Crippen molar-refractivity contribution < 1.29 is 28.1 Å². The van der Waals surface area contributed by atoms with Gasteiger partial charge in [0.05, 0.1) is 25.5 Å². The summed E-state index contributed by atoms with van der Waals surface area (Å²) in [4.78, 5) is 10.8. The zero-order valence-corrected chi connectivity index (χ0v) is 22.4. The van der Waals surface area contributed by atoms with Crippen molar-refractivity contribution in [3.8, 4) is 11.8 Å². The monoisotopic (exact) mass is 560 g/mol. The van der Waals surface area contributed by atoms with Gasteiger partial charge < -0.3 is 25.6 Å². The summed E-state index contributed by atoms with van der Waals surface area (Å²) in [7, 11) is 2.01. The third-order valence-corrected chi connectivity index (χ3v) is 8.99. The summed E-state index contributed by atoms with van der Waals surface area (Å²) in [5.74, 6) is 1.89. The molecule has 0 radical (unpaired) electrons. The molecule has 1 aromatic heterocycles. The van der Waals surface area contributed by atoms with E-state index in [0.29, 0.717) is 47.3 Å². The number of aliphatic hydroxyl groups excluding tert-OH is 2. The molecule has 40 heavy (non-hydrogen) atoms. The van der Waals surface area contributed by atoms with Crippen molar-refractivity contribution >= 4 is 11.8 Å². The number of rotatable bonds is 11. The SMILES string of the molecule is CN(C(CO)CO)C1[C@@H]2CC3C[C@H]1CC(CNc1nc(NCc4ccccc4OC(F)(F)F)ncc1C#N)(C3)C2. The van der Waals surface area contributed by atoms with Crippen LogP contribution in [0.15, 0.2) is 30.5 Å². The number of aliphatic hydroxyl groups is 2. The van der Waals surface area contributed by atoms with Crippen molar-refractivity contribution in [2.45, 2.75) is 57.1 Å². The fourth-order valence-electron chi connectivity index (χ4n) is 7.61. The Labute approximate surface area is 231 Å². The maximum absolute atomic E-state index is 12.8. The standard InChI is InChI=1S/C28H35F3N6O3/c1-37(22(14-38)15-39)24-19-6-17-7-20(24)10-27(8-17,9-19)16-35-25-21(11-32)13-34-26(36-25)33-12-18-4-2-3-5-23(18)40-28(29,30)31/h2-5,13,17,19-20,22,24,38-39H,6-10,12,14-16H2,1H3,(H2,33,34,35,36)/t17?,19-,20+,24?,27?. The summed E-state index contributed by atoms with van der Waals surface area (Å²) in [6.07, 6.45) is 2.08. The van der Waals surface area contributed by atoms with Crippen LogP contribution < -0.4 is 15.4 Å². The van der Waals surface area contributed by atoms with Gasteiger partial charge >= 0.3 is 6.36 Å². The molecule has 0 saturated heterocycles. The van der Waals surface area contributed by atoms with Crippen molar-refractivity contribution in [1.82, 2.24) is 14.9 Å². The zero-order valence-electron chi connectivity index (χ0n) is 22.4. The lowest BCUT2D eigenvalue weighted by atomic mass is 9.47. The zero-order chi connectivity index (χ0) is 28.5. The van der Waals surface area contributed by atoms with Crippen LogP contribution in [0.5, 0.6) is 5.75 Å². The molecule has 4 N–H and O–H groups in total. The van der Waals surface area contributed by atoms with Crippen molar-refractivity contribution in [2.24, 2.45) is 23.2 Å². The first kappa shape index (κ1) is 28.4. The number of halogens is 3. The van der Waals surface area contributed by atoms with E-state index in [1.807, 2.05) is 7.05 Å². The Morgan fingerprint density at radius 1 is 1.15 bits per heavy atom. The molecule has 4 saturated carbocycles. The molecular formula is C28H35F3N6O3. The smallest absolute Gasteiger partial charge is 0.405 e. The fraction of sp³-hybridized carbons (Fsp3) is 0.607. The summed E-state index contributed by atoms with van der Waals surface area (Å²) in [5.41, 5.74) is 0.656. The van der Waals surface area contributed by atoms with Gasteiger partial charge in [-0.1, -0.05) is 18.2 Å². The topological polar surface area (TPSA) is 127 Å². The van der Waals surface area contributed by atoms with Crippen molar-refractivity contribution in [3.63, 3.8) is 0 Å². The van der Waals surface area contributed by atoms with Gasteiger partial charge in [0.15, 0.2) is 0 Å². The Morgan fingerprint density at radius 2 is 1.85 bits per heavy atom. The first-order chi connectivity index (χ1) is 19.1. The largest absolute Gasteiger partial charge is 0.573 e. The highest BCUT2D eigenvalue weighted by Gasteiger charge is 2.56. The number of nitrogens with one attached hydrogen (secondary N) is 2. The second-order valence-electron chi connectivity index (χ2n) is 11.6. The van der Waals surface area contributed by atoms with E-state index in [0.717, 1.165) is 32.1 Å². The first-order valence-electron chi connectivity index (χ1n) is 13.7. The van der Waals surface area contributed by atoms with E-state index < -0.39 is 6.36 Å². The molecule has 4 aliphatic rings. The van der Waals surface area contributed by atoms with Crippen LogP contribution in [0.2, 0.25) is 0 Å². The molecule has 4 aliphatic carbocycles. The minimum absolute atomic E-state index is 0.00412. The van der Waals surface area contributed by atoms with E-state index in [2.05, 4.69) is 36.3 Å². The third-order valence-electron chi connectivity index (χ3n) is 8.99. The molecule has 12 heteroatoms. The molecule has 0 amide bonds. The van der Waals surface area contributed by atoms with Gasteiger partial charge in [-0.15, -0.1) is 13.2 Å². The third kappa shape index (κ3) is 5.96. The van der Waals surface area contributed by atoms with Gasteiger partial charge in [-0.05, 0) is 68.4 Å². The van der Waals surface area contributed by atoms with Crippen LogP contribution in [0.4, 0.5) is 24.9 Å². The van der Waals surface area contributed by atoms with Crippen LogP contribution in [-0.2, 0) is 6.54 Å². The summed E-state index contributed by atoms with van der Waals surface area (Å²) in [6.45, 7) is 0.524. The van der Waals surface area contributed by atoms with Gasteiger partial charge in [-0.3, -0.25) is 4.90 Å². The highest BCUT2D eigenvalue weighted by molar-refractivity contribution is 5.53. The summed E-state index contributed by atoms with van der Waals surface area (Å²) in [6, 6.07) is 8.06. The summed E-state index contributed by atoms with van der Waals surface area (Å²) in [5, 5.41) is 35.5. The second-order valence-corrected chi connectivity index (χ2v) is 11.6. The Bertz CT molecular complexity index is 1220. The Balaban J connectivity index is 1.26. The number of aromatic nitrogens is 2. The van der Waals surface area contributed by atoms with Gasteiger partial charge in [-0.25, -0.2) is 4.98 Å². The number of nitrogens with zero attached hydrogens (tertiary/aromatic N) is 4. The van der Waals surface area contributed by atoms with Gasteiger partial charge in [0.25, 0.3) is 0 Å². The Kier molecular flexibility index (Phi) is 8.08. The van der Waals surface area contributed by atoms with E-state index in [1.165, 1.54) is 24.4 Å². The van der Waals surface area contributed by atoms with E-state index in [4.69, 9.17) is 0 Å². The minimum Gasteiger partial charge on any atom is -0.405 e. The molecular weight excluding hydrogens is 525 g/mol. The molecule has 2 aromatic rings. The maximum Gasteiger partial charge on any atom is 0.573 e. The van der Waals surface area contributed by atoms with Crippen LogP contribution in [-0.4, -0.2) is 70.3 Å². The molecule has 1 aromatic carbocycles. The van der Waals surface area contributed by atoms with E-state index in [-0.39, 0.29) is 42.9 Å². The molecule has 0 aliphatic heterocycles. The predicted molar refractivity (Wildman–Crippen MR) is 141 cm³/mol. The minimum atomic E-state index is -4.80. The van der Waals surface area contributed by atoms with Crippen LogP contribution in [0.25, 0.3) is 0 Å². The maximum atomic E-state index is 12.8. The number of anilines is 2. The molecule has 5 atom stereocenters. The molecule has 4 bridgehead atoms. The lowest BCUT2D eigenvalue weighted by Gasteiger charge is -2.62. The van der Waals surface area contributed by atoms with Crippen LogP contribution in [0.3, 0.4) is 0 Å². The fourth-order valence-corrected chi connectivity index (χ4v) is 7.61. The summed E-state index contributed by atoms with van der Waals surface area (Å²) >= 11 is 0. The van der Waals surface area contributed by atoms with Crippen molar-refractivity contribution in [3.05, 3.63) is 41.6 Å². The van der Waals surface area contributed by atoms with E-state index in [9.17, 15) is 28.6 Å². The Hall–Kier alpha value is -3.14. The molecule has 4 fully saturated rings. The van der Waals surface area contributed by atoms with Gasteiger partial charge in [0.2, 0.25) is 5.95 Å². The first-order valence-corrected chi connectivity index (χ1v) is 13.7. The van der Waals surface area contributed by atoms with Crippen molar-refractivity contribution in [2.75, 3.05) is 37.4 Å². The lowest BCUT2D eigenvalue weighted by Crippen LogP contribution is -2.62. The lowest BCUT2D eigenvalue weighted by molar-refractivity contribution is -0.274. The van der Waals surface area contributed by atoms with Gasteiger partial charge in [0.1, 0.15) is 23.2 Å². The number of benzene rings is 1. The molecule has 1 heterocycles. The normalized spacial score (nSPS) is 27.2. The number of para-hydroxylation sites is 1. The molecule has 6 rings (SSSR count). The average Bonchev–Trinajstić information content (AvgIpc) is 2.91. The van der Waals surface area contributed by atoms with E-state index >= 15 is 0 Å². The number of nitriles is 1. The number of likely N-dealkylation sites (N-methyl/N-ethyl adjacent to an activating group) is 1. The number of ether oxygens (including phenoxy) is 1. The van der Waals surface area contributed by atoms with E-state index in [1.54, 1.807) is 6.07 Å². The predicted octanol–water partition coefficient (Wildman–Crippen LogP) is 3.75. The quantitative estimate of drug-likeness (QED) is 0.325. The van der Waals surface area contributed by atoms with Gasteiger partial charge in [0, 0.05) is 24.7 Å². The average molecular weight is 561 g/mol. The van der Waals surface area contributed by atoms with Crippen molar-refractivity contribution in [1.29, 1.82) is 5.26 Å². The molecule has 9 nitrogen and oxygen atoms in total. The highest BCUT2D eigenvalue weighted by atomic mass is 19.4. The van der Waals surface area contributed by atoms with Gasteiger partial charge in [-0.2, -0.15) is 10.2 Å². The van der Waals surface area contributed by atoms with Crippen LogP contribution in [0.1, 0.15) is 43.2 Å². The highest BCUT2D eigenvalue weighted by Crippen LogP contribution is 2.61. The second kappa shape index (κ2) is 11.4. The van der Waals surface area contributed by atoms with Crippen LogP contribution in [0, 0.1) is 34.5 Å².